The molecule has 1 aliphatic heterocycles. The number of nitrogens with one attached hydrogen (secondary N) is 1. The van der Waals surface area contributed by atoms with Gasteiger partial charge < -0.3 is 10.2 Å². The molecule has 1 N–H and O–H groups in total. The molecule has 2 aromatic carbocycles. The normalized spacial score (nSPS) is 16.8. The molecule has 0 bridgehead atoms. The number of carbonyl (C=O) groups excluding carboxylic acids is 2. The highest BCUT2D eigenvalue weighted by Crippen LogP contribution is 2.28. The topological polar surface area (TPSA) is 49.4 Å². The van der Waals surface area contributed by atoms with Gasteiger partial charge in [0.15, 0.2) is 11.6 Å². The van der Waals surface area contributed by atoms with Gasteiger partial charge >= 0.3 is 0 Å². The van der Waals surface area contributed by atoms with E-state index < -0.39 is 17.6 Å². The van der Waals surface area contributed by atoms with Crippen molar-refractivity contribution < 1.29 is 18.4 Å². The van der Waals surface area contributed by atoms with Crippen molar-refractivity contribution in [1.29, 1.82) is 0 Å². The van der Waals surface area contributed by atoms with Crippen LogP contribution in [0.4, 0.5) is 20.2 Å². The first-order chi connectivity index (χ1) is 12.4. The molecule has 6 heteroatoms. The van der Waals surface area contributed by atoms with E-state index in [1.807, 2.05) is 32.0 Å². The summed E-state index contributed by atoms with van der Waals surface area (Å²) in [5.41, 5.74) is 3.02. The number of halogens is 2. The molecule has 1 heterocycles. The minimum atomic E-state index is -1.02. The molecule has 0 aromatic heterocycles. The van der Waals surface area contributed by atoms with Gasteiger partial charge in [0.1, 0.15) is 0 Å². The molecule has 0 spiro atoms. The maximum atomic E-state index is 13.4. The van der Waals surface area contributed by atoms with Gasteiger partial charge in [-0.15, -0.1) is 0 Å². The predicted molar refractivity (Wildman–Crippen MR) is 96.0 cm³/mol. The van der Waals surface area contributed by atoms with Crippen LogP contribution >= 0.6 is 0 Å². The first-order valence-electron chi connectivity index (χ1n) is 8.55. The Morgan fingerprint density at radius 2 is 2.00 bits per heavy atom. The third-order valence-corrected chi connectivity index (χ3v) is 4.70. The van der Waals surface area contributed by atoms with Crippen LogP contribution in [0.2, 0.25) is 0 Å². The van der Waals surface area contributed by atoms with E-state index in [4.69, 9.17) is 0 Å². The van der Waals surface area contributed by atoms with Crippen LogP contribution in [0.25, 0.3) is 0 Å². The second-order valence-corrected chi connectivity index (χ2v) is 6.46. The molecule has 26 heavy (non-hydrogen) atoms. The highest BCUT2D eigenvalue weighted by atomic mass is 19.2. The Labute approximate surface area is 150 Å². The van der Waals surface area contributed by atoms with Crippen LogP contribution < -0.4 is 10.2 Å². The zero-order chi connectivity index (χ0) is 18.8. The molecular weight excluding hydrogens is 338 g/mol. The molecule has 136 valence electrons. The minimum absolute atomic E-state index is 0.0398. The highest BCUT2D eigenvalue weighted by molar-refractivity contribution is 6.03. The second-order valence-electron chi connectivity index (χ2n) is 6.46. The first kappa shape index (κ1) is 18.0. The third kappa shape index (κ3) is 3.45. The van der Waals surface area contributed by atoms with Gasteiger partial charge in [-0.05, 0) is 36.6 Å². The molecule has 1 aliphatic rings. The van der Waals surface area contributed by atoms with E-state index in [1.165, 1.54) is 11.0 Å². The summed E-state index contributed by atoms with van der Waals surface area (Å²) in [6.07, 6.45) is 0.819. The van der Waals surface area contributed by atoms with E-state index in [0.29, 0.717) is 0 Å². The van der Waals surface area contributed by atoms with E-state index in [2.05, 4.69) is 5.32 Å². The molecule has 2 amide bonds. The van der Waals surface area contributed by atoms with Gasteiger partial charge in [0.05, 0.1) is 5.92 Å². The Morgan fingerprint density at radius 3 is 2.69 bits per heavy atom. The van der Waals surface area contributed by atoms with Crippen LogP contribution in [-0.4, -0.2) is 18.4 Å². The van der Waals surface area contributed by atoms with Crippen molar-refractivity contribution in [3.8, 4) is 0 Å². The standard InChI is InChI=1S/C20H20F2N2O2/c1-3-13-6-4-5-12(2)19(13)23-20(26)14-9-18(25)24(11-14)15-7-8-16(21)17(22)10-15/h4-8,10,14H,3,9,11H2,1-2H3,(H,23,26). The van der Waals surface area contributed by atoms with Gasteiger partial charge in [0.2, 0.25) is 11.8 Å². The summed E-state index contributed by atoms with van der Waals surface area (Å²) in [4.78, 5) is 26.2. The van der Waals surface area contributed by atoms with Gasteiger partial charge in [-0.25, -0.2) is 8.78 Å². The monoisotopic (exact) mass is 358 g/mol. The van der Waals surface area contributed by atoms with E-state index in [0.717, 1.165) is 35.4 Å². The SMILES string of the molecule is CCc1cccc(C)c1NC(=O)C1CC(=O)N(c2ccc(F)c(F)c2)C1. The third-order valence-electron chi connectivity index (χ3n) is 4.70. The number of para-hydroxylation sites is 1. The number of nitrogens with zero attached hydrogens (tertiary/aromatic N) is 1. The number of benzene rings is 2. The Hall–Kier alpha value is -2.76. The minimum Gasteiger partial charge on any atom is -0.325 e. The van der Waals surface area contributed by atoms with Gasteiger partial charge in [0, 0.05) is 30.4 Å². The fourth-order valence-corrected chi connectivity index (χ4v) is 3.21. The van der Waals surface area contributed by atoms with Crippen molar-refractivity contribution >= 4 is 23.2 Å². The first-order valence-corrected chi connectivity index (χ1v) is 8.55. The summed E-state index contributed by atoms with van der Waals surface area (Å²) < 4.78 is 26.5. The molecule has 2 aromatic rings. The molecule has 1 atom stereocenters. The largest absolute Gasteiger partial charge is 0.325 e. The van der Waals surface area contributed by atoms with Crippen molar-refractivity contribution in [3.05, 3.63) is 59.2 Å². The van der Waals surface area contributed by atoms with Crippen molar-refractivity contribution in [2.75, 3.05) is 16.8 Å². The molecule has 0 radical (unpaired) electrons. The molecule has 4 nitrogen and oxygen atoms in total. The van der Waals surface area contributed by atoms with Crippen LogP contribution in [0, 0.1) is 24.5 Å². The van der Waals surface area contributed by atoms with Crippen molar-refractivity contribution in [2.45, 2.75) is 26.7 Å². The Morgan fingerprint density at radius 1 is 1.23 bits per heavy atom. The summed E-state index contributed by atoms with van der Waals surface area (Å²) in [7, 11) is 0. The summed E-state index contributed by atoms with van der Waals surface area (Å²) >= 11 is 0. The maximum Gasteiger partial charge on any atom is 0.229 e. The maximum absolute atomic E-state index is 13.4. The number of carbonyl (C=O) groups is 2. The summed E-state index contributed by atoms with van der Waals surface area (Å²) in [6.45, 7) is 4.07. The quantitative estimate of drug-likeness (QED) is 0.903. The summed E-state index contributed by atoms with van der Waals surface area (Å²) in [5, 5.41) is 2.93. The van der Waals surface area contributed by atoms with Gasteiger partial charge in [-0.3, -0.25) is 9.59 Å². The lowest BCUT2D eigenvalue weighted by Crippen LogP contribution is -2.28. The molecule has 0 saturated carbocycles. The number of amides is 2. The fourth-order valence-electron chi connectivity index (χ4n) is 3.21. The van der Waals surface area contributed by atoms with Gasteiger partial charge in [-0.2, -0.15) is 0 Å². The van der Waals surface area contributed by atoms with Crippen LogP contribution in [0.15, 0.2) is 36.4 Å². The zero-order valence-corrected chi connectivity index (χ0v) is 14.7. The average molecular weight is 358 g/mol. The molecule has 1 unspecified atom stereocenters. The molecule has 1 fully saturated rings. The second kappa shape index (κ2) is 7.23. The van der Waals surface area contributed by atoms with E-state index in [9.17, 15) is 18.4 Å². The van der Waals surface area contributed by atoms with Crippen LogP contribution in [-0.2, 0) is 16.0 Å². The molecule has 3 rings (SSSR count). The van der Waals surface area contributed by atoms with Crippen LogP contribution in [0.3, 0.4) is 0 Å². The molecule has 1 saturated heterocycles. The average Bonchev–Trinajstić information content (AvgIpc) is 3.01. The Kier molecular flexibility index (Phi) is 5.02. The van der Waals surface area contributed by atoms with E-state index in [1.54, 1.807) is 0 Å². The molecule has 0 aliphatic carbocycles. The van der Waals surface area contributed by atoms with E-state index in [-0.39, 0.29) is 30.5 Å². The smallest absolute Gasteiger partial charge is 0.229 e. The number of hydrogen-bond acceptors (Lipinski definition) is 2. The summed E-state index contributed by atoms with van der Waals surface area (Å²) in [5.74, 6) is -3.05. The predicted octanol–water partition coefficient (Wildman–Crippen LogP) is 3.83. The van der Waals surface area contributed by atoms with Gasteiger partial charge in [0.25, 0.3) is 0 Å². The van der Waals surface area contributed by atoms with Crippen LogP contribution in [0.1, 0.15) is 24.5 Å². The zero-order valence-electron chi connectivity index (χ0n) is 14.7. The van der Waals surface area contributed by atoms with E-state index >= 15 is 0 Å². The summed E-state index contributed by atoms with van der Waals surface area (Å²) in [6, 6.07) is 9.11. The van der Waals surface area contributed by atoms with Crippen molar-refractivity contribution in [2.24, 2.45) is 5.92 Å². The van der Waals surface area contributed by atoms with Crippen molar-refractivity contribution in [1.82, 2.24) is 0 Å². The Bertz CT molecular complexity index is 867. The lowest BCUT2D eigenvalue weighted by Gasteiger charge is -2.18. The number of hydrogen-bond donors (Lipinski definition) is 1. The lowest BCUT2D eigenvalue weighted by molar-refractivity contribution is -0.122. The number of aryl methyl sites for hydroxylation is 2. The fraction of sp³-hybridized carbons (Fsp3) is 0.300. The lowest BCUT2D eigenvalue weighted by atomic mass is 10.0. The van der Waals surface area contributed by atoms with Crippen molar-refractivity contribution in [3.63, 3.8) is 0 Å². The number of anilines is 2. The van der Waals surface area contributed by atoms with Crippen LogP contribution in [0.5, 0.6) is 0 Å². The van der Waals surface area contributed by atoms with Gasteiger partial charge in [-0.1, -0.05) is 25.1 Å². The Balaban J connectivity index is 1.76. The molecular formula is C20H20F2N2O2. The number of rotatable bonds is 4. The highest BCUT2D eigenvalue weighted by Gasteiger charge is 2.35.